The third kappa shape index (κ3) is 7.21. The maximum Gasteiger partial charge on any atom is 0.341 e. The zero-order valence-electron chi connectivity index (χ0n) is 30.0. The molecule has 1 aromatic heterocycles. The lowest BCUT2D eigenvalue weighted by atomic mass is 9.92. The Morgan fingerprint density at radius 3 is 2.47 bits per heavy atom. The Hall–Kier alpha value is -4.05. The molecule has 1 saturated carbocycles. The van der Waals surface area contributed by atoms with Crippen LogP contribution >= 0.6 is 0 Å². The lowest BCUT2D eigenvalue weighted by molar-refractivity contribution is 0.0726. The second kappa shape index (κ2) is 14.5. The van der Waals surface area contributed by atoms with Crippen molar-refractivity contribution in [3.05, 3.63) is 67.8 Å². The first-order valence-electron chi connectivity index (χ1n) is 17.3. The summed E-state index contributed by atoms with van der Waals surface area (Å²) in [6.07, 6.45) is 3.30. The van der Waals surface area contributed by atoms with Gasteiger partial charge in [-0.15, -0.1) is 0 Å². The molecule has 1 saturated heterocycles. The number of nitrogens with one attached hydrogen (secondary N) is 1. The van der Waals surface area contributed by atoms with E-state index < -0.39 is 33.5 Å². The van der Waals surface area contributed by atoms with Crippen LogP contribution in [0.4, 0.5) is 10.1 Å². The highest BCUT2D eigenvalue weighted by Crippen LogP contribution is 2.37. The van der Waals surface area contributed by atoms with E-state index in [0.717, 1.165) is 76.7 Å². The number of hydrogen-bond donors (Lipinski definition) is 1. The van der Waals surface area contributed by atoms with E-state index in [0.29, 0.717) is 37.0 Å². The third-order valence-corrected chi connectivity index (χ3v) is 11.8. The van der Waals surface area contributed by atoms with Crippen molar-refractivity contribution in [2.45, 2.75) is 64.6 Å². The maximum atomic E-state index is 15.7. The molecule has 0 unspecified atom stereocenters. The number of ether oxygens (including phenoxy) is 2. The lowest BCUT2D eigenvalue weighted by Gasteiger charge is -2.41. The van der Waals surface area contributed by atoms with E-state index in [1.165, 1.54) is 19.0 Å². The molecule has 6 rings (SSSR count). The van der Waals surface area contributed by atoms with Gasteiger partial charge in [0.1, 0.15) is 17.1 Å². The number of aryl methyl sites for hydroxylation is 2. The Balaban J connectivity index is 1.31. The van der Waals surface area contributed by atoms with Gasteiger partial charge in [0.25, 0.3) is 11.8 Å². The number of benzene rings is 2. The summed E-state index contributed by atoms with van der Waals surface area (Å²) in [6, 6.07) is 4.35. The van der Waals surface area contributed by atoms with Crippen LogP contribution in [-0.2, 0) is 27.9 Å². The number of anilines is 1. The molecular weight excluding hydrogens is 681 g/mol. The number of rotatable bonds is 9. The number of fused-ring (bicyclic) bond motifs is 3. The van der Waals surface area contributed by atoms with E-state index in [-0.39, 0.29) is 42.1 Å². The molecule has 1 atom stereocenters. The smallest absolute Gasteiger partial charge is 0.341 e. The molecule has 3 aliphatic rings. The second-order valence-electron chi connectivity index (χ2n) is 14.0. The first kappa shape index (κ1) is 36.7. The molecule has 2 amide bonds. The Bertz CT molecular complexity index is 2030. The molecule has 1 aliphatic carbocycles. The lowest BCUT2D eigenvalue weighted by Crippen LogP contribution is -2.53. The molecule has 51 heavy (non-hydrogen) atoms. The largest absolute Gasteiger partial charge is 0.490 e. The Morgan fingerprint density at radius 1 is 1.06 bits per heavy atom. The Morgan fingerprint density at radius 2 is 1.78 bits per heavy atom. The van der Waals surface area contributed by atoms with Gasteiger partial charge in [-0.25, -0.2) is 13.9 Å². The fourth-order valence-corrected chi connectivity index (χ4v) is 7.93. The van der Waals surface area contributed by atoms with Crippen LogP contribution in [0.25, 0.3) is 11.0 Å². The number of carbonyl (C=O) groups is 2. The number of methoxy groups -OCH3 is 1. The van der Waals surface area contributed by atoms with Gasteiger partial charge in [0.15, 0.2) is 0 Å². The number of amides is 2. The summed E-state index contributed by atoms with van der Waals surface area (Å²) < 4.78 is 60.7. The van der Waals surface area contributed by atoms with Crippen LogP contribution in [0.2, 0.25) is 0 Å². The summed E-state index contributed by atoms with van der Waals surface area (Å²) >= 11 is 0. The third-order valence-electron chi connectivity index (χ3n) is 10.4. The highest BCUT2D eigenvalue weighted by atomic mass is 32.2. The normalized spacial score (nSPS) is 18.8. The Labute approximate surface area is 297 Å². The van der Waals surface area contributed by atoms with Gasteiger partial charge in [-0.3, -0.25) is 14.5 Å². The van der Waals surface area contributed by atoms with Crippen molar-refractivity contribution in [3.8, 4) is 5.75 Å². The first-order chi connectivity index (χ1) is 24.2. The van der Waals surface area contributed by atoms with E-state index in [1.54, 1.807) is 7.11 Å². The monoisotopic (exact) mass is 727 g/mol. The van der Waals surface area contributed by atoms with Gasteiger partial charge in [0.05, 0.1) is 42.0 Å². The van der Waals surface area contributed by atoms with Crippen molar-refractivity contribution in [2.24, 2.45) is 0 Å². The van der Waals surface area contributed by atoms with E-state index >= 15 is 4.39 Å². The summed E-state index contributed by atoms with van der Waals surface area (Å²) in [7, 11) is 2.11. The minimum atomic E-state index is -4.18. The number of piperazine rings is 1. The highest BCUT2D eigenvalue weighted by molar-refractivity contribution is 7.87. The number of likely N-dealkylation sites (N-methyl/N-ethyl adjacent to an activating group) is 1. The van der Waals surface area contributed by atoms with Crippen molar-refractivity contribution in [2.75, 3.05) is 65.9 Å². The minimum absolute atomic E-state index is 0.0863. The highest BCUT2D eigenvalue weighted by Gasteiger charge is 2.33. The van der Waals surface area contributed by atoms with Gasteiger partial charge in [-0.2, -0.15) is 12.7 Å². The van der Waals surface area contributed by atoms with Crippen molar-refractivity contribution >= 4 is 38.7 Å². The van der Waals surface area contributed by atoms with Crippen molar-refractivity contribution in [1.29, 1.82) is 0 Å². The molecule has 2 aliphatic heterocycles. The van der Waals surface area contributed by atoms with E-state index in [4.69, 9.17) is 13.9 Å². The standard InChI is InChI=1S/C36H46FN5O8S/c1-21-15-30(41-14-13-40(5)23(18-41)20-48-6)22(2)33-32(21)25-11-12-42(19-28(25)36(45)50-33)35(44)26-17-31(49-24-9-7-8-10-24)27(16-29(26)37)34(43)38-51(46,47)39(3)4/h15-17,23-24H,7-14,18-20H2,1-6H3,(H,38,43)/t23-/m1/s1. The summed E-state index contributed by atoms with van der Waals surface area (Å²) in [5, 5.41) is 0.849. The van der Waals surface area contributed by atoms with Gasteiger partial charge in [-0.05, 0) is 82.3 Å². The molecule has 0 spiro atoms. The quantitative estimate of drug-likeness (QED) is 0.326. The van der Waals surface area contributed by atoms with Gasteiger partial charge < -0.3 is 23.7 Å². The number of halogens is 1. The molecular formula is C36H46FN5O8S. The van der Waals surface area contributed by atoms with Crippen LogP contribution in [0.3, 0.4) is 0 Å². The fourth-order valence-electron chi connectivity index (χ4n) is 7.40. The zero-order chi connectivity index (χ0) is 36.8. The van der Waals surface area contributed by atoms with Crippen LogP contribution in [0.5, 0.6) is 5.75 Å². The minimum Gasteiger partial charge on any atom is -0.490 e. The molecule has 0 bridgehead atoms. The molecule has 13 nitrogen and oxygen atoms in total. The molecule has 3 heterocycles. The van der Waals surface area contributed by atoms with E-state index in [1.807, 2.05) is 18.6 Å². The zero-order valence-corrected chi connectivity index (χ0v) is 30.8. The molecule has 0 radical (unpaired) electrons. The molecule has 2 aromatic carbocycles. The second-order valence-corrected chi connectivity index (χ2v) is 15.9. The average Bonchev–Trinajstić information content (AvgIpc) is 3.60. The number of hydrogen-bond acceptors (Lipinski definition) is 10. The number of nitrogens with zero attached hydrogens (tertiary/aromatic N) is 4. The van der Waals surface area contributed by atoms with Crippen LogP contribution in [0, 0.1) is 19.7 Å². The predicted octanol–water partition coefficient (Wildman–Crippen LogP) is 3.37. The topological polar surface area (TPSA) is 142 Å². The summed E-state index contributed by atoms with van der Waals surface area (Å²) in [4.78, 5) is 46.5. The van der Waals surface area contributed by atoms with Crippen molar-refractivity contribution < 1.29 is 36.3 Å². The first-order valence-corrected chi connectivity index (χ1v) is 18.7. The van der Waals surface area contributed by atoms with Crippen LogP contribution in [0.15, 0.2) is 27.4 Å². The Kier molecular flexibility index (Phi) is 10.5. The van der Waals surface area contributed by atoms with E-state index in [2.05, 4.69) is 22.9 Å². The van der Waals surface area contributed by atoms with Gasteiger partial charge in [0.2, 0.25) is 0 Å². The van der Waals surface area contributed by atoms with Gasteiger partial charge >= 0.3 is 15.8 Å². The fraction of sp³-hybridized carbons (Fsp3) is 0.528. The van der Waals surface area contributed by atoms with Crippen molar-refractivity contribution in [3.63, 3.8) is 0 Å². The maximum absolute atomic E-state index is 15.7. The van der Waals surface area contributed by atoms with Gasteiger partial charge in [-0.1, -0.05) is 0 Å². The van der Waals surface area contributed by atoms with Crippen LogP contribution in [0.1, 0.15) is 68.7 Å². The van der Waals surface area contributed by atoms with Crippen LogP contribution < -0.4 is 20.0 Å². The summed E-state index contributed by atoms with van der Waals surface area (Å²) in [5.41, 5.74) is 3.27. The average molecular weight is 728 g/mol. The van der Waals surface area contributed by atoms with Crippen molar-refractivity contribution in [1.82, 2.24) is 18.8 Å². The summed E-state index contributed by atoms with van der Waals surface area (Å²) in [6.45, 7) is 7.14. The SMILES string of the molecule is COC[C@H]1CN(c2cc(C)c3c4c(c(=O)oc3c2C)CN(C(=O)c2cc(OC3CCCC3)c(C(=O)NS(=O)(=O)N(C)C)cc2F)CC4)CCN1C. The van der Waals surface area contributed by atoms with Crippen LogP contribution in [-0.4, -0.2) is 108 Å². The van der Waals surface area contributed by atoms with E-state index in [9.17, 15) is 22.8 Å². The molecule has 276 valence electrons. The molecule has 3 aromatic rings. The molecule has 15 heteroatoms. The number of carbonyl (C=O) groups excluding carboxylic acids is 2. The molecule has 2 fully saturated rings. The predicted molar refractivity (Wildman–Crippen MR) is 190 cm³/mol. The molecule has 1 N–H and O–H groups in total. The summed E-state index contributed by atoms with van der Waals surface area (Å²) in [5.74, 6) is -2.87. The van der Waals surface area contributed by atoms with Gasteiger partial charge in [0, 0.05) is 64.0 Å².